The van der Waals surface area contributed by atoms with Crippen molar-refractivity contribution in [2.75, 3.05) is 0 Å². The quantitative estimate of drug-likeness (QED) is 0.527. The van der Waals surface area contributed by atoms with E-state index in [1.807, 2.05) is 0 Å². The highest BCUT2D eigenvalue weighted by Crippen LogP contribution is 2.29. The molecule has 0 bridgehead atoms. The molecule has 0 aliphatic carbocycles. The third kappa shape index (κ3) is 3.03. The smallest absolute Gasteiger partial charge is 0.308 e. The zero-order valence-electron chi connectivity index (χ0n) is 14.1. The van der Waals surface area contributed by atoms with Gasteiger partial charge in [0, 0.05) is 11.6 Å². The topological polar surface area (TPSA) is 72.2 Å². The second-order valence-electron chi connectivity index (χ2n) is 6.13. The first kappa shape index (κ1) is 18.2. The zero-order valence-corrected chi connectivity index (χ0v) is 14.9. The van der Waals surface area contributed by atoms with E-state index in [0.717, 1.165) is 11.3 Å². The number of hydrogen-bond donors (Lipinski definition) is 1. The summed E-state index contributed by atoms with van der Waals surface area (Å²) in [5.74, 6) is -4.68. The Morgan fingerprint density at radius 1 is 1.14 bits per heavy atom. The fourth-order valence-corrected chi connectivity index (χ4v) is 4.02. The van der Waals surface area contributed by atoms with E-state index >= 15 is 0 Å². The van der Waals surface area contributed by atoms with Gasteiger partial charge in [0.15, 0.2) is 11.6 Å². The summed E-state index contributed by atoms with van der Waals surface area (Å²) in [6, 6.07) is 8.82. The molecule has 4 aromatic rings. The molecule has 2 aromatic carbocycles. The van der Waals surface area contributed by atoms with Gasteiger partial charge in [0.2, 0.25) is 0 Å². The fourth-order valence-electron chi connectivity index (χ4n) is 3.07. The second-order valence-corrected chi connectivity index (χ2v) is 7.21. The summed E-state index contributed by atoms with van der Waals surface area (Å²) < 4.78 is 42.5. The SMILES string of the molecule is O=C(O)Cc1cc2ccccc2n(Cc2nc3c(F)c(F)cc(F)c3s2)c1=O. The van der Waals surface area contributed by atoms with Crippen LogP contribution in [0.1, 0.15) is 10.6 Å². The van der Waals surface area contributed by atoms with Crippen molar-refractivity contribution in [2.45, 2.75) is 13.0 Å². The van der Waals surface area contributed by atoms with Crippen LogP contribution in [0.15, 0.2) is 41.2 Å². The number of aliphatic carboxylic acids is 1. The number of rotatable bonds is 4. The number of hydrogen-bond acceptors (Lipinski definition) is 4. The minimum atomic E-state index is -1.34. The molecule has 2 aromatic heterocycles. The summed E-state index contributed by atoms with van der Waals surface area (Å²) in [6.45, 7) is -0.132. The molecule has 4 rings (SSSR count). The lowest BCUT2D eigenvalue weighted by Gasteiger charge is -2.11. The number of thiazole rings is 1. The summed E-state index contributed by atoms with van der Waals surface area (Å²) in [5.41, 5.74) is -0.368. The molecule has 5 nitrogen and oxygen atoms in total. The maximum absolute atomic E-state index is 13.9. The van der Waals surface area contributed by atoms with Crippen molar-refractivity contribution >= 4 is 38.4 Å². The standard InChI is InChI=1S/C19H11F3N2O3S/c20-11-7-12(21)18-17(16(11)22)23-14(28-18)8-24-13-4-2-1-3-9(13)5-10(19(24)27)6-15(25)26/h1-5,7H,6,8H2,(H,25,26). The van der Waals surface area contributed by atoms with Crippen molar-refractivity contribution in [3.8, 4) is 0 Å². The number of aromatic nitrogens is 2. The first-order valence-electron chi connectivity index (χ1n) is 8.11. The van der Waals surface area contributed by atoms with Gasteiger partial charge in [0.25, 0.3) is 5.56 Å². The number of benzene rings is 2. The number of halogens is 3. The minimum Gasteiger partial charge on any atom is -0.481 e. The third-order valence-corrected chi connectivity index (χ3v) is 5.32. The molecule has 0 aliphatic heterocycles. The molecule has 142 valence electrons. The number of para-hydroxylation sites is 1. The predicted molar refractivity (Wildman–Crippen MR) is 98.1 cm³/mol. The molecular formula is C19H11F3N2O3S. The normalized spacial score (nSPS) is 11.4. The molecular weight excluding hydrogens is 393 g/mol. The first-order chi connectivity index (χ1) is 13.3. The van der Waals surface area contributed by atoms with Gasteiger partial charge in [-0.3, -0.25) is 9.59 Å². The maximum atomic E-state index is 13.9. The van der Waals surface area contributed by atoms with Gasteiger partial charge in [0.05, 0.1) is 23.2 Å². The number of nitrogens with zero attached hydrogens (tertiary/aromatic N) is 2. The Hall–Kier alpha value is -3.20. The number of pyridine rings is 1. The van der Waals surface area contributed by atoms with E-state index in [1.54, 1.807) is 24.3 Å². The van der Waals surface area contributed by atoms with E-state index < -0.39 is 40.9 Å². The summed E-state index contributed by atoms with van der Waals surface area (Å²) in [7, 11) is 0. The lowest BCUT2D eigenvalue weighted by atomic mass is 10.1. The van der Waals surface area contributed by atoms with Gasteiger partial charge in [-0.1, -0.05) is 18.2 Å². The number of fused-ring (bicyclic) bond motifs is 2. The Kier molecular flexibility index (Phi) is 4.38. The molecule has 0 saturated heterocycles. The van der Waals surface area contributed by atoms with E-state index in [0.29, 0.717) is 17.0 Å². The van der Waals surface area contributed by atoms with Crippen molar-refractivity contribution < 1.29 is 23.1 Å². The van der Waals surface area contributed by atoms with Crippen LogP contribution < -0.4 is 5.56 Å². The van der Waals surface area contributed by atoms with Crippen LogP contribution in [0.3, 0.4) is 0 Å². The molecule has 9 heteroatoms. The molecule has 0 fully saturated rings. The predicted octanol–water partition coefficient (Wildman–Crippen LogP) is 3.70. The van der Waals surface area contributed by atoms with Gasteiger partial charge in [-0.25, -0.2) is 18.2 Å². The Balaban J connectivity index is 1.90. The summed E-state index contributed by atoms with van der Waals surface area (Å²) in [4.78, 5) is 27.8. The van der Waals surface area contributed by atoms with Crippen LogP contribution in [0.4, 0.5) is 13.2 Å². The van der Waals surface area contributed by atoms with Gasteiger partial charge in [0.1, 0.15) is 16.3 Å². The Morgan fingerprint density at radius 2 is 1.89 bits per heavy atom. The largest absolute Gasteiger partial charge is 0.481 e. The molecule has 28 heavy (non-hydrogen) atoms. The van der Waals surface area contributed by atoms with Crippen LogP contribution in [0.5, 0.6) is 0 Å². The average Bonchev–Trinajstić information content (AvgIpc) is 3.07. The van der Waals surface area contributed by atoms with Gasteiger partial charge < -0.3 is 9.67 Å². The highest BCUT2D eigenvalue weighted by Gasteiger charge is 2.19. The van der Waals surface area contributed by atoms with E-state index in [1.165, 1.54) is 10.6 Å². The first-order valence-corrected chi connectivity index (χ1v) is 8.93. The van der Waals surface area contributed by atoms with Gasteiger partial charge >= 0.3 is 5.97 Å². The van der Waals surface area contributed by atoms with Crippen molar-refractivity contribution in [2.24, 2.45) is 0 Å². The Bertz CT molecular complexity index is 1310. The summed E-state index contributed by atoms with van der Waals surface area (Å²) >= 11 is 0.810. The maximum Gasteiger partial charge on any atom is 0.308 e. The van der Waals surface area contributed by atoms with Crippen LogP contribution in [0.2, 0.25) is 0 Å². The van der Waals surface area contributed by atoms with Crippen molar-refractivity contribution in [3.05, 3.63) is 74.8 Å². The van der Waals surface area contributed by atoms with Crippen molar-refractivity contribution in [3.63, 3.8) is 0 Å². The van der Waals surface area contributed by atoms with Crippen LogP contribution in [-0.4, -0.2) is 20.6 Å². The molecule has 0 spiro atoms. The highest BCUT2D eigenvalue weighted by atomic mass is 32.1. The van der Waals surface area contributed by atoms with E-state index in [9.17, 15) is 22.8 Å². The van der Waals surface area contributed by atoms with Gasteiger partial charge in [-0.15, -0.1) is 11.3 Å². The zero-order chi connectivity index (χ0) is 20.0. The fraction of sp³-hybridized carbons (Fsp3) is 0.105. The van der Waals surface area contributed by atoms with Crippen molar-refractivity contribution in [1.29, 1.82) is 0 Å². The Morgan fingerprint density at radius 3 is 2.64 bits per heavy atom. The second kappa shape index (κ2) is 6.75. The highest BCUT2D eigenvalue weighted by molar-refractivity contribution is 7.18. The molecule has 0 atom stereocenters. The van der Waals surface area contributed by atoms with E-state index in [-0.39, 0.29) is 21.8 Å². The van der Waals surface area contributed by atoms with E-state index in [4.69, 9.17) is 5.11 Å². The number of carboxylic acid groups (broad SMARTS) is 1. The van der Waals surface area contributed by atoms with Crippen LogP contribution >= 0.6 is 11.3 Å². The van der Waals surface area contributed by atoms with Gasteiger partial charge in [-0.2, -0.15) is 0 Å². The van der Waals surface area contributed by atoms with Crippen LogP contribution in [0, 0.1) is 17.5 Å². The molecule has 0 unspecified atom stereocenters. The molecule has 0 saturated carbocycles. The lowest BCUT2D eigenvalue weighted by molar-refractivity contribution is -0.136. The summed E-state index contributed by atoms with van der Waals surface area (Å²) in [5, 5.41) is 9.88. The van der Waals surface area contributed by atoms with Crippen molar-refractivity contribution in [1.82, 2.24) is 9.55 Å². The molecule has 0 aliphatic rings. The summed E-state index contributed by atoms with van der Waals surface area (Å²) in [6.07, 6.45) is -0.460. The average molecular weight is 404 g/mol. The van der Waals surface area contributed by atoms with Gasteiger partial charge in [-0.05, 0) is 17.5 Å². The van der Waals surface area contributed by atoms with Crippen LogP contribution in [0.25, 0.3) is 21.1 Å². The third-order valence-electron chi connectivity index (χ3n) is 4.27. The monoisotopic (exact) mass is 404 g/mol. The lowest BCUT2D eigenvalue weighted by Crippen LogP contribution is -2.26. The number of carbonyl (C=O) groups is 1. The molecule has 2 heterocycles. The number of carboxylic acids is 1. The molecule has 0 amide bonds. The van der Waals surface area contributed by atoms with E-state index in [2.05, 4.69) is 4.98 Å². The molecule has 0 radical (unpaired) electrons. The molecule has 1 N–H and O–H groups in total. The Labute approximate surface area is 159 Å². The van der Waals surface area contributed by atoms with Crippen LogP contribution in [-0.2, 0) is 17.8 Å². The minimum absolute atomic E-state index is 0.0794.